The number of hydrogen-bond donors (Lipinski definition) is 1. The van der Waals surface area contributed by atoms with Crippen LogP contribution in [-0.4, -0.2) is 11.9 Å². The molecule has 5 heteroatoms. The number of amides is 1. The number of thiophene rings is 1. The van der Waals surface area contributed by atoms with Gasteiger partial charge in [-0.1, -0.05) is 42.5 Å². The molecule has 2 aromatic carbocycles. The molecule has 0 saturated heterocycles. The van der Waals surface area contributed by atoms with Gasteiger partial charge in [-0.3, -0.25) is 9.59 Å². The van der Waals surface area contributed by atoms with Crippen LogP contribution in [0.2, 0.25) is 0 Å². The highest BCUT2D eigenvalue weighted by Gasteiger charge is 2.25. The largest absolute Gasteiger partial charge is 0.447 e. The quantitative estimate of drug-likeness (QED) is 0.624. The van der Waals surface area contributed by atoms with E-state index in [0.717, 1.165) is 22.4 Å². The molecule has 0 aliphatic heterocycles. The van der Waals surface area contributed by atoms with Gasteiger partial charge in [0.15, 0.2) is 0 Å². The Morgan fingerprint density at radius 3 is 2.56 bits per heavy atom. The number of ether oxygens (including phenoxy) is 1. The van der Waals surface area contributed by atoms with E-state index in [1.165, 1.54) is 11.3 Å². The summed E-state index contributed by atoms with van der Waals surface area (Å²) < 4.78 is 5.57. The maximum atomic E-state index is 12.9. The average molecular weight is 379 g/mol. The lowest BCUT2D eigenvalue weighted by Crippen LogP contribution is -2.26. The maximum absolute atomic E-state index is 12.9. The predicted molar refractivity (Wildman–Crippen MR) is 108 cm³/mol. The van der Waals surface area contributed by atoms with Crippen molar-refractivity contribution in [2.75, 3.05) is 5.32 Å². The molecule has 4 nitrogen and oxygen atoms in total. The lowest BCUT2D eigenvalue weighted by molar-refractivity contribution is -0.154. The van der Waals surface area contributed by atoms with E-state index in [1.807, 2.05) is 67.1 Å². The van der Waals surface area contributed by atoms with Crippen LogP contribution in [0.1, 0.15) is 28.4 Å². The third kappa shape index (κ3) is 5.05. The summed E-state index contributed by atoms with van der Waals surface area (Å²) in [6, 6.07) is 16.8. The molecule has 0 aliphatic carbocycles. The minimum atomic E-state index is -1.00. The van der Waals surface area contributed by atoms with Crippen LogP contribution in [0.4, 0.5) is 5.69 Å². The fourth-order valence-electron chi connectivity index (χ4n) is 2.70. The second kappa shape index (κ2) is 8.64. The van der Waals surface area contributed by atoms with Crippen molar-refractivity contribution < 1.29 is 14.3 Å². The molecule has 1 aromatic heterocycles. The summed E-state index contributed by atoms with van der Waals surface area (Å²) in [6.45, 7) is 3.89. The van der Waals surface area contributed by atoms with Crippen molar-refractivity contribution in [1.82, 2.24) is 0 Å². The molecular weight excluding hydrogens is 358 g/mol. The standard InChI is InChI=1S/C22H21NO3S/c1-15-8-9-16(2)19(12-15)23-22(25)21(18-6-4-3-5-7-18)26-20(24)13-17-10-11-27-14-17/h3-12,14,21H,13H2,1-2H3,(H,23,25). The third-order valence-corrected chi connectivity index (χ3v) is 4.90. The summed E-state index contributed by atoms with van der Waals surface area (Å²) in [7, 11) is 0. The van der Waals surface area contributed by atoms with Crippen molar-refractivity contribution in [3.05, 3.63) is 87.6 Å². The number of aryl methyl sites for hydroxylation is 2. The van der Waals surface area contributed by atoms with E-state index in [2.05, 4.69) is 5.32 Å². The molecule has 1 atom stereocenters. The van der Waals surface area contributed by atoms with Crippen LogP contribution in [0.15, 0.2) is 65.4 Å². The lowest BCUT2D eigenvalue weighted by Gasteiger charge is -2.19. The van der Waals surface area contributed by atoms with Gasteiger partial charge >= 0.3 is 5.97 Å². The third-order valence-electron chi connectivity index (χ3n) is 4.17. The minimum Gasteiger partial charge on any atom is -0.447 e. The summed E-state index contributed by atoms with van der Waals surface area (Å²) in [5, 5.41) is 6.70. The fourth-order valence-corrected chi connectivity index (χ4v) is 3.37. The fraction of sp³-hybridized carbons (Fsp3) is 0.182. The Morgan fingerprint density at radius 2 is 1.85 bits per heavy atom. The zero-order valence-electron chi connectivity index (χ0n) is 15.3. The molecule has 0 aliphatic rings. The number of nitrogens with one attached hydrogen (secondary N) is 1. The first-order valence-corrected chi connectivity index (χ1v) is 9.61. The topological polar surface area (TPSA) is 55.4 Å². The molecule has 3 aromatic rings. The Hall–Kier alpha value is -2.92. The molecule has 0 saturated carbocycles. The summed E-state index contributed by atoms with van der Waals surface area (Å²) in [5.41, 5.74) is 4.23. The van der Waals surface area contributed by atoms with E-state index in [1.54, 1.807) is 12.1 Å². The average Bonchev–Trinajstić information content (AvgIpc) is 3.16. The van der Waals surface area contributed by atoms with E-state index < -0.39 is 12.1 Å². The summed E-state index contributed by atoms with van der Waals surface area (Å²) >= 11 is 1.52. The molecule has 1 heterocycles. The van der Waals surface area contributed by atoms with Crippen LogP contribution in [0.25, 0.3) is 0 Å². The first-order valence-electron chi connectivity index (χ1n) is 8.66. The maximum Gasteiger partial charge on any atom is 0.311 e. The van der Waals surface area contributed by atoms with Crippen LogP contribution >= 0.6 is 11.3 Å². The van der Waals surface area contributed by atoms with E-state index in [-0.39, 0.29) is 12.3 Å². The zero-order valence-corrected chi connectivity index (χ0v) is 16.1. The smallest absolute Gasteiger partial charge is 0.311 e. The number of carbonyl (C=O) groups excluding carboxylic acids is 2. The van der Waals surface area contributed by atoms with E-state index in [4.69, 9.17) is 4.74 Å². The minimum absolute atomic E-state index is 0.142. The van der Waals surface area contributed by atoms with Gasteiger partial charge in [0.2, 0.25) is 6.10 Å². The highest BCUT2D eigenvalue weighted by atomic mass is 32.1. The summed E-state index contributed by atoms with van der Waals surface area (Å²) in [6.07, 6.45) is -0.860. The van der Waals surface area contributed by atoms with Crippen molar-refractivity contribution in [2.24, 2.45) is 0 Å². The first kappa shape index (κ1) is 18.9. The first-order chi connectivity index (χ1) is 13.0. The van der Waals surface area contributed by atoms with Gasteiger partial charge in [0.1, 0.15) is 0 Å². The monoisotopic (exact) mass is 379 g/mol. The molecule has 0 bridgehead atoms. The summed E-state index contributed by atoms with van der Waals surface area (Å²) in [5.74, 6) is -0.799. The number of rotatable bonds is 6. The number of hydrogen-bond acceptors (Lipinski definition) is 4. The Morgan fingerprint density at radius 1 is 1.07 bits per heavy atom. The molecule has 0 fully saturated rings. The molecule has 0 radical (unpaired) electrons. The molecule has 1 unspecified atom stereocenters. The highest BCUT2D eigenvalue weighted by Crippen LogP contribution is 2.23. The SMILES string of the molecule is Cc1ccc(C)c(NC(=O)C(OC(=O)Cc2ccsc2)c2ccccc2)c1. The van der Waals surface area contributed by atoms with E-state index >= 15 is 0 Å². The van der Waals surface area contributed by atoms with E-state index in [0.29, 0.717) is 5.56 Å². The van der Waals surface area contributed by atoms with Crippen LogP contribution in [-0.2, 0) is 20.7 Å². The Kier molecular flexibility index (Phi) is 6.04. The van der Waals surface area contributed by atoms with Gasteiger partial charge in [0.25, 0.3) is 5.91 Å². The molecule has 0 spiro atoms. The number of esters is 1. The summed E-state index contributed by atoms with van der Waals surface area (Å²) in [4.78, 5) is 25.3. The van der Waals surface area contributed by atoms with Gasteiger partial charge in [0, 0.05) is 11.3 Å². The van der Waals surface area contributed by atoms with Gasteiger partial charge in [0.05, 0.1) is 6.42 Å². The second-order valence-corrected chi connectivity index (χ2v) is 7.18. The number of anilines is 1. The second-order valence-electron chi connectivity index (χ2n) is 6.40. The Bertz CT molecular complexity index is 920. The lowest BCUT2D eigenvalue weighted by atomic mass is 10.1. The molecule has 138 valence electrons. The van der Waals surface area contributed by atoms with Crippen molar-refractivity contribution in [3.63, 3.8) is 0 Å². The molecule has 1 amide bonds. The van der Waals surface area contributed by atoms with Crippen molar-refractivity contribution >= 4 is 28.9 Å². The zero-order chi connectivity index (χ0) is 19.2. The van der Waals surface area contributed by atoms with Crippen LogP contribution in [0.5, 0.6) is 0 Å². The van der Waals surface area contributed by atoms with Gasteiger partial charge in [-0.2, -0.15) is 11.3 Å². The van der Waals surface area contributed by atoms with Crippen molar-refractivity contribution in [1.29, 1.82) is 0 Å². The number of benzene rings is 2. The molecule has 3 rings (SSSR count). The van der Waals surface area contributed by atoms with Crippen molar-refractivity contribution in [2.45, 2.75) is 26.4 Å². The highest BCUT2D eigenvalue weighted by molar-refractivity contribution is 7.08. The van der Waals surface area contributed by atoms with Crippen LogP contribution < -0.4 is 5.32 Å². The van der Waals surface area contributed by atoms with Gasteiger partial charge in [-0.15, -0.1) is 0 Å². The van der Waals surface area contributed by atoms with Gasteiger partial charge in [-0.05, 0) is 53.4 Å². The van der Waals surface area contributed by atoms with Gasteiger partial charge < -0.3 is 10.1 Å². The van der Waals surface area contributed by atoms with Crippen LogP contribution in [0.3, 0.4) is 0 Å². The predicted octanol–water partition coefficient (Wildman–Crippen LogP) is 4.83. The molecule has 27 heavy (non-hydrogen) atoms. The Balaban J connectivity index is 1.80. The molecule has 1 N–H and O–H groups in total. The molecular formula is C22H21NO3S. The number of carbonyl (C=O) groups is 2. The van der Waals surface area contributed by atoms with E-state index in [9.17, 15) is 9.59 Å². The Labute approximate surface area is 162 Å². The van der Waals surface area contributed by atoms with Crippen LogP contribution in [0, 0.1) is 13.8 Å². The van der Waals surface area contributed by atoms with Gasteiger partial charge in [-0.25, -0.2) is 0 Å². The van der Waals surface area contributed by atoms with Crippen molar-refractivity contribution in [3.8, 4) is 0 Å². The normalized spacial score (nSPS) is 11.6.